The average Bonchev–Trinajstić information content (AvgIpc) is 2.14. The molecule has 0 unspecified atom stereocenters. The Hall–Kier alpha value is -1.78. The van der Waals surface area contributed by atoms with E-state index in [9.17, 15) is 4.91 Å². The molecular formula is C10H14N4O. The van der Waals surface area contributed by atoms with Gasteiger partial charge in [0.05, 0.1) is 5.69 Å². The number of nitroso groups, excluding NO2 is 1. The fourth-order valence-corrected chi connectivity index (χ4v) is 1.25. The molecule has 0 bridgehead atoms. The van der Waals surface area contributed by atoms with Gasteiger partial charge in [-0.05, 0) is 25.9 Å². The summed E-state index contributed by atoms with van der Waals surface area (Å²) in [6.07, 6.45) is 0. The molecule has 5 nitrogen and oxygen atoms in total. The van der Waals surface area contributed by atoms with E-state index in [0.29, 0.717) is 22.7 Å². The van der Waals surface area contributed by atoms with Gasteiger partial charge in [-0.25, -0.2) is 9.98 Å². The summed E-state index contributed by atoms with van der Waals surface area (Å²) in [4.78, 5) is 18.9. The first kappa shape index (κ1) is 11.3. The van der Waals surface area contributed by atoms with Crippen molar-refractivity contribution in [1.29, 1.82) is 0 Å². The predicted octanol–water partition coefficient (Wildman–Crippen LogP) is 1.87. The number of allylic oxidation sites excluding steroid dienone is 1. The Bertz CT molecular complexity index is 485. The van der Waals surface area contributed by atoms with E-state index >= 15 is 0 Å². The minimum atomic E-state index is 0.373. The molecule has 1 aromatic heterocycles. The number of rotatable bonds is 2. The average molecular weight is 206 g/mol. The second-order valence-corrected chi connectivity index (χ2v) is 3.43. The van der Waals surface area contributed by atoms with Crippen molar-refractivity contribution in [3.63, 3.8) is 0 Å². The van der Waals surface area contributed by atoms with Crippen LogP contribution in [-0.4, -0.2) is 9.55 Å². The van der Waals surface area contributed by atoms with Gasteiger partial charge in [0.15, 0.2) is 0 Å². The number of nitrogens with zero attached hydrogens (tertiary/aromatic N) is 4. The Morgan fingerprint density at radius 1 is 1.47 bits per heavy atom. The maximum atomic E-state index is 10.6. The van der Waals surface area contributed by atoms with Crippen LogP contribution in [0.2, 0.25) is 0 Å². The van der Waals surface area contributed by atoms with Crippen LogP contribution in [0.25, 0.3) is 0 Å². The van der Waals surface area contributed by atoms with Crippen LogP contribution in [0.4, 0.5) is 5.69 Å². The first-order valence-electron chi connectivity index (χ1n) is 4.55. The molecule has 80 valence electrons. The second kappa shape index (κ2) is 4.16. The van der Waals surface area contributed by atoms with E-state index in [1.54, 1.807) is 25.5 Å². The van der Waals surface area contributed by atoms with Crippen molar-refractivity contribution in [2.45, 2.75) is 20.8 Å². The molecule has 0 aliphatic carbocycles. The van der Waals surface area contributed by atoms with Gasteiger partial charge in [0.25, 0.3) is 0 Å². The number of hydrogen-bond donors (Lipinski definition) is 0. The van der Waals surface area contributed by atoms with Gasteiger partial charge in [0.2, 0.25) is 5.62 Å². The molecule has 1 aromatic rings. The van der Waals surface area contributed by atoms with Crippen LogP contribution in [0, 0.1) is 18.8 Å². The van der Waals surface area contributed by atoms with Crippen LogP contribution >= 0.6 is 0 Å². The van der Waals surface area contributed by atoms with Crippen LogP contribution in [0.3, 0.4) is 0 Å². The van der Waals surface area contributed by atoms with E-state index in [2.05, 4.69) is 21.7 Å². The molecule has 5 heteroatoms. The SMILES string of the molecule is C=C(C)N=c1nc(C)c(N=O)c(C)n1C. The number of hydrogen-bond acceptors (Lipinski definition) is 4. The molecule has 0 radical (unpaired) electrons. The smallest absolute Gasteiger partial charge is 0.229 e. The van der Waals surface area contributed by atoms with Gasteiger partial charge in [-0.1, -0.05) is 6.58 Å². The molecule has 1 heterocycles. The van der Waals surface area contributed by atoms with E-state index in [4.69, 9.17) is 0 Å². The maximum Gasteiger partial charge on any atom is 0.229 e. The van der Waals surface area contributed by atoms with E-state index < -0.39 is 0 Å². The summed E-state index contributed by atoms with van der Waals surface area (Å²) in [7, 11) is 1.79. The zero-order valence-electron chi connectivity index (χ0n) is 9.40. The Labute approximate surface area is 88.2 Å². The first-order valence-corrected chi connectivity index (χ1v) is 4.55. The monoisotopic (exact) mass is 206 g/mol. The lowest BCUT2D eigenvalue weighted by atomic mass is 10.3. The molecule has 15 heavy (non-hydrogen) atoms. The molecule has 0 saturated heterocycles. The van der Waals surface area contributed by atoms with Gasteiger partial charge >= 0.3 is 0 Å². The molecule has 0 atom stereocenters. The zero-order valence-corrected chi connectivity index (χ0v) is 9.40. The van der Waals surface area contributed by atoms with E-state index in [1.807, 2.05) is 6.92 Å². The Kier molecular flexibility index (Phi) is 3.14. The summed E-state index contributed by atoms with van der Waals surface area (Å²) < 4.78 is 1.72. The molecule has 1 rings (SSSR count). The van der Waals surface area contributed by atoms with E-state index in [-0.39, 0.29) is 0 Å². The lowest BCUT2D eigenvalue weighted by Gasteiger charge is -2.08. The van der Waals surface area contributed by atoms with Gasteiger partial charge in [-0.3, -0.25) is 0 Å². The molecule has 0 N–H and O–H groups in total. The van der Waals surface area contributed by atoms with Gasteiger partial charge in [-0.15, -0.1) is 4.91 Å². The lowest BCUT2D eigenvalue weighted by Crippen LogP contribution is -2.24. The predicted molar refractivity (Wildman–Crippen MR) is 58.5 cm³/mol. The molecule has 0 fully saturated rings. The Morgan fingerprint density at radius 2 is 2.07 bits per heavy atom. The molecule has 0 aromatic carbocycles. The highest BCUT2D eigenvalue weighted by Gasteiger charge is 2.07. The normalized spacial score (nSPS) is 11.6. The van der Waals surface area contributed by atoms with Gasteiger partial charge in [0, 0.05) is 18.4 Å². The molecular weight excluding hydrogens is 192 g/mol. The zero-order chi connectivity index (χ0) is 11.6. The van der Waals surface area contributed by atoms with Crippen molar-refractivity contribution in [2.24, 2.45) is 17.2 Å². The Morgan fingerprint density at radius 3 is 2.53 bits per heavy atom. The lowest BCUT2D eigenvalue weighted by molar-refractivity contribution is 0.737. The van der Waals surface area contributed by atoms with Gasteiger partial charge in [0.1, 0.15) is 5.69 Å². The molecule has 0 aliphatic rings. The van der Waals surface area contributed by atoms with E-state index in [1.165, 1.54) is 0 Å². The molecule has 0 saturated carbocycles. The molecule has 0 aliphatic heterocycles. The van der Waals surface area contributed by atoms with Crippen molar-refractivity contribution in [3.8, 4) is 0 Å². The van der Waals surface area contributed by atoms with Crippen LogP contribution < -0.4 is 5.62 Å². The minimum absolute atomic E-state index is 0.373. The summed E-state index contributed by atoms with van der Waals surface area (Å²) in [5.41, 5.74) is 2.91. The highest BCUT2D eigenvalue weighted by Crippen LogP contribution is 2.18. The van der Waals surface area contributed by atoms with Gasteiger partial charge < -0.3 is 4.57 Å². The summed E-state index contributed by atoms with van der Waals surface area (Å²) in [6.45, 7) is 9.02. The maximum absolute atomic E-state index is 10.6. The summed E-state index contributed by atoms with van der Waals surface area (Å²) in [5, 5.41) is 2.95. The fourth-order valence-electron chi connectivity index (χ4n) is 1.25. The van der Waals surface area contributed by atoms with Crippen molar-refractivity contribution in [3.05, 3.63) is 34.2 Å². The van der Waals surface area contributed by atoms with Crippen LogP contribution in [0.5, 0.6) is 0 Å². The molecule has 0 amide bonds. The number of aryl methyl sites for hydroxylation is 1. The van der Waals surface area contributed by atoms with Crippen molar-refractivity contribution in [2.75, 3.05) is 0 Å². The minimum Gasteiger partial charge on any atom is -0.315 e. The fraction of sp³-hybridized carbons (Fsp3) is 0.400. The highest BCUT2D eigenvalue weighted by atomic mass is 16.3. The van der Waals surface area contributed by atoms with Crippen LogP contribution in [0.15, 0.2) is 22.4 Å². The molecule has 0 spiro atoms. The standard InChI is InChI=1S/C10H14N4O/c1-6(2)11-10-12-7(3)9(13-15)8(4)14(10)5/h1H2,2-5H3. The van der Waals surface area contributed by atoms with E-state index in [0.717, 1.165) is 5.69 Å². The summed E-state index contributed by atoms with van der Waals surface area (Å²) >= 11 is 0. The third kappa shape index (κ3) is 2.18. The van der Waals surface area contributed by atoms with Crippen LogP contribution in [-0.2, 0) is 7.05 Å². The van der Waals surface area contributed by atoms with Gasteiger partial charge in [-0.2, -0.15) is 0 Å². The number of aromatic nitrogens is 2. The third-order valence-corrected chi connectivity index (χ3v) is 2.14. The summed E-state index contributed by atoms with van der Waals surface area (Å²) in [6, 6.07) is 0. The largest absolute Gasteiger partial charge is 0.315 e. The topological polar surface area (TPSA) is 59.6 Å². The first-order chi connectivity index (χ1) is 6.97. The summed E-state index contributed by atoms with van der Waals surface area (Å²) in [5.74, 6) is 0. The Balaban J connectivity index is 3.61. The van der Waals surface area contributed by atoms with Crippen molar-refractivity contribution in [1.82, 2.24) is 9.55 Å². The van der Waals surface area contributed by atoms with Crippen LogP contribution in [0.1, 0.15) is 18.3 Å². The third-order valence-electron chi connectivity index (χ3n) is 2.14. The quantitative estimate of drug-likeness (QED) is 0.693. The van der Waals surface area contributed by atoms with Crippen molar-refractivity contribution < 1.29 is 0 Å². The highest BCUT2D eigenvalue weighted by molar-refractivity contribution is 5.44. The van der Waals surface area contributed by atoms with Crippen molar-refractivity contribution >= 4 is 5.69 Å². The second-order valence-electron chi connectivity index (χ2n) is 3.43.